The summed E-state index contributed by atoms with van der Waals surface area (Å²) in [6.45, 7) is 11.4. The number of carbonyl (C=O) groups excluding carboxylic acids is 1. The van der Waals surface area contributed by atoms with Crippen molar-refractivity contribution in [3.05, 3.63) is 125 Å². The van der Waals surface area contributed by atoms with Crippen molar-refractivity contribution in [2.45, 2.75) is 136 Å². The lowest BCUT2D eigenvalue weighted by molar-refractivity contribution is -0.131. The largest absolute Gasteiger partial charge is 0.377 e. The van der Waals surface area contributed by atoms with Gasteiger partial charge in [0.2, 0.25) is 5.91 Å². The molecule has 6 atom stereocenters. The summed E-state index contributed by atoms with van der Waals surface area (Å²) < 4.78 is 61.5. The van der Waals surface area contributed by atoms with Gasteiger partial charge in [0.25, 0.3) is 0 Å². The number of rotatable bonds is 56. The highest BCUT2D eigenvalue weighted by Gasteiger charge is 2.51. The zero-order valence-corrected chi connectivity index (χ0v) is 68.2. The zero-order valence-electron chi connectivity index (χ0n) is 63.3. The lowest BCUT2D eigenvalue weighted by atomic mass is 9.88. The summed E-state index contributed by atoms with van der Waals surface area (Å²) in [5.74, 6) is 1.82. The molecule has 28 nitrogen and oxygen atoms in total. The number of fused-ring (bicyclic) bond motifs is 2. The number of allylic oxidation sites excluding steroid dienone is 1. The number of benzene rings is 1. The van der Waals surface area contributed by atoms with Crippen molar-refractivity contribution in [1.82, 2.24) is 87.5 Å². The van der Waals surface area contributed by atoms with E-state index in [-0.39, 0.29) is 25.2 Å². The zero-order chi connectivity index (χ0) is 74.9. The fraction of sp³-hybridized carbons (Fsp3) is 0.662. The first kappa shape index (κ1) is 85.8. The van der Waals surface area contributed by atoms with Crippen molar-refractivity contribution < 1.29 is 52.2 Å². The number of aryl methyl sites for hydroxylation is 1. The van der Waals surface area contributed by atoms with Crippen LogP contribution < -0.4 is 32.6 Å². The Morgan fingerprint density at radius 3 is 1.63 bits per heavy atom. The molecule has 5 aliphatic rings. The number of carbonyl (C=O) groups is 1. The second kappa shape index (κ2) is 49.7. The molecule has 0 radical (unpaired) electrons. The smallest absolute Gasteiger partial charge is 0.242 e. The summed E-state index contributed by atoms with van der Waals surface area (Å²) in [5, 5.41) is 26.1. The first-order chi connectivity index (χ1) is 53.2. The van der Waals surface area contributed by atoms with E-state index >= 15 is 4.79 Å². The van der Waals surface area contributed by atoms with Gasteiger partial charge < -0.3 is 63.5 Å². The minimum atomic E-state index is -1.03. The van der Waals surface area contributed by atoms with Gasteiger partial charge in [-0.15, -0.1) is 16.2 Å². The predicted molar refractivity (Wildman–Crippen MR) is 427 cm³/mol. The molecule has 10 rings (SSSR count). The van der Waals surface area contributed by atoms with E-state index in [1.807, 2.05) is 58.1 Å². The summed E-state index contributed by atoms with van der Waals surface area (Å²) >= 11 is 8.43. The topological polar surface area (TPSA) is 296 Å². The molecule has 6 N–H and O–H groups in total. The maximum absolute atomic E-state index is 15.7. The number of hydrogen-bond acceptors (Lipinski definition) is 31. The Bertz CT molecular complexity index is 3270. The fourth-order valence-corrected chi connectivity index (χ4v) is 17.3. The van der Waals surface area contributed by atoms with Crippen LogP contribution in [0.4, 0.5) is 0 Å². The molecule has 6 heterocycles. The maximum Gasteiger partial charge on any atom is 0.242 e. The quantitative estimate of drug-likeness (QED) is 0.00537. The van der Waals surface area contributed by atoms with Crippen molar-refractivity contribution in [1.29, 1.82) is 0 Å². The average molecular weight is 1610 g/mol. The average Bonchev–Trinajstić information content (AvgIpc) is 1.62. The Labute approximate surface area is 662 Å². The van der Waals surface area contributed by atoms with Gasteiger partial charge in [0.1, 0.15) is 5.54 Å². The van der Waals surface area contributed by atoms with Gasteiger partial charge >= 0.3 is 0 Å². The maximum atomic E-state index is 15.7. The highest BCUT2D eigenvalue weighted by molar-refractivity contribution is 8.16. The van der Waals surface area contributed by atoms with Crippen molar-refractivity contribution >= 4 is 75.6 Å². The van der Waals surface area contributed by atoms with E-state index in [1.54, 1.807) is 58.8 Å². The highest BCUT2D eigenvalue weighted by atomic mass is 32.2. The van der Waals surface area contributed by atoms with Crippen LogP contribution in [0.3, 0.4) is 0 Å². The summed E-state index contributed by atoms with van der Waals surface area (Å²) in [7, 11) is 0.337. The minimum Gasteiger partial charge on any atom is -0.377 e. The lowest BCUT2D eigenvalue weighted by Gasteiger charge is -2.37. The van der Waals surface area contributed by atoms with Crippen LogP contribution in [-0.4, -0.2) is 245 Å². The third kappa shape index (κ3) is 31.0. The molecule has 1 amide bonds. The molecule has 4 aromatic heterocycles. The van der Waals surface area contributed by atoms with Crippen LogP contribution in [0, 0.1) is 17.8 Å². The summed E-state index contributed by atoms with van der Waals surface area (Å²) in [4.78, 5) is 42.2. The lowest BCUT2D eigenvalue weighted by Crippen LogP contribution is -2.63. The monoisotopic (exact) mass is 1610 g/mol. The molecule has 1 aromatic carbocycles. The Kier molecular flexibility index (Phi) is 39.5. The van der Waals surface area contributed by atoms with Crippen molar-refractivity contribution in [2.75, 3.05) is 172 Å². The van der Waals surface area contributed by atoms with E-state index in [0.29, 0.717) is 193 Å². The van der Waals surface area contributed by atoms with Crippen LogP contribution in [0.5, 0.6) is 0 Å². The molecule has 596 valence electrons. The number of nitrogens with one attached hydrogen (secondary N) is 6. The van der Waals surface area contributed by atoms with Crippen LogP contribution in [0.2, 0.25) is 0 Å². The number of ether oxygens (including phenoxy) is 10. The molecular weight excluding hydrogens is 1500 g/mol. The fourth-order valence-electron chi connectivity index (χ4n) is 13.4. The number of aromatic nitrogens is 9. The highest BCUT2D eigenvalue weighted by Crippen LogP contribution is 2.52. The van der Waals surface area contributed by atoms with E-state index in [9.17, 15) is 0 Å². The van der Waals surface area contributed by atoms with Gasteiger partial charge in [0.05, 0.1) is 181 Å². The van der Waals surface area contributed by atoms with E-state index in [1.165, 1.54) is 11.3 Å². The van der Waals surface area contributed by atoms with E-state index in [2.05, 4.69) is 129 Å². The molecule has 0 bridgehead atoms. The van der Waals surface area contributed by atoms with E-state index in [4.69, 9.17) is 52.5 Å². The molecule has 6 unspecified atom stereocenters. The minimum absolute atomic E-state index is 0.00757. The molecule has 3 aliphatic carbocycles. The molecule has 34 heteroatoms. The molecule has 108 heavy (non-hydrogen) atoms. The van der Waals surface area contributed by atoms with Crippen LogP contribution in [0.15, 0.2) is 107 Å². The molecule has 5 aromatic rings. The SMILES string of the molecule is CSCSc1ncc(COCCOCCOCCN2C=C(CCCC(COCC3=CN(CCOCCOCCOCc4cnc(SCSC)nc4)NN3)(NC3CCCC(c4ccccc4)CC3)C(=O)NCC3C4CCc5nnn(CCOCCOCCOCc6cnc(SC[S+](C)C)nc6)c5CCC43)NN2)cn1. The Morgan fingerprint density at radius 2 is 1.07 bits per heavy atom. The van der Waals surface area contributed by atoms with Gasteiger partial charge in [0, 0.05) is 94.7 Å². The summed E-state index contributed by atoms with van der Waals surface area (Å²) in [6, 6.07) is 11.0. The van der Waals surface area contributed by atoms with E-state index in [0.717, 1.165) is 129 Å². The molecule has 2 fully saturated rings. The number of amides is 1. The molecule has 2 aliphatic heterocycles. The number of hydrazine groups is 4. The third-order valence-electron chi connectivity index (χ3n) is 19.0. The van der Waals surface area contributed by atoms with Gasteiger partial charge in [-0.05, 0) is 135 Å². The van der Waals surface area contributed by atoms with Crippen LogP contribution in [0.25, 0.3) is 0 Å². The molecule has 0 spiro atoms. The normalized spacial score (nSPS) is 19.1. The molecule has 0 saturated heterocycles. The van der Waals surface area contributed by atoms with E-state index < -0.39 is 5.54 Å². The van der Waals surface area contributed by atoms with Gasteiger partial charge in [-0.25, -0.2) is 34.6 Å². The first-order valence-electron chi connectivity index (χ1n) is 37.8. The summed E-state index contributed by atoms with van der Waals surface area (Å²) in [6.07, 6.45) is 34.5. The second-order valence-corrected chi connectivity index (χ2v) is 35.3. The van der Waals surface area contributed by atoms with Crippen LogP contribution in [-0.2, 0) is 102 Å². The van der Waals surface area contributed by atoms with Crippen molar-refractivity contribution in [2.24, 2.45) is 17.8 Å². The summed E-state index contributed by atoms with van der Waals surface area (Å²) in [5.41, 5.74) is 20.6. The van der Waals surface area contributed by atoms with Gasteiger partial charge in [-0.2, -0.15) is 23.5 Å². The molecule has 2 saturated carbocycles. The number of hydrogen-bond donors (Lipinski definition) is 6. The van der Waals surface area contributed by atoms with Crippen molar-refractivity contribution in [3.63, 3.8) is 0 Å². The molecular formula is C74H114N17O11S6+. The van der Waals surface area contributed by atoms with Crippen LogP contribution >= 0.6 is 58.8 Å². The number of thioether (sulfide) groups is 5. The number of nitrogens with zero attached hydrogens (tertiary/aromatic N) is 11. The van der Waals surface area contributed by atoms with Crippen LogP contribution in [0.1, 0.15) is 104 Å². The van der Waals surface area contributed by atoms with Gasteiger partial charge in [0.15, 0.2) is 20.6 Å². The van der Waals surface area contributed by atoms with Gasteiger partial charge in [-0.3, -0.25) is 20.1 Å². The van der Waals surface area contributed by atoms with Gasteiger partial charge in [-0.1, -0.05) is 65.5 Å². The predicted octanol–water partition coefficient (Wildman–Crippen LogP) is 7.97. The Hall–Kier alpha value is -4.67. The third-order valence-corrected chi connectivity index (χ3v) is 25.6. The van der Waals surface area contributed by atoms with Crippen molar-refractivity contribution in [3.8, 4) is 0 Å². The Balaban J connectivity index is 0.691. The first-order valence-corrected chi connectivity index (χ1v) is 45.8. The second-order valence-electron chi connectivity index (χ2n) is 27.3. The standard InChI is InChI=1S/C74H113N17O11S6/c1-103-54-105-71-76-40-57(41-77-71)49-99-37-34-96-31-28-93-25-22-89-47-63(83-86-89)14-9-21-74(82-62-13-8-12-61(15-16-62)60-10-6-5-7-11-60,53-102-52-64-48-90(87-84-64)23-26-94-29-32-97-35-38-100-50-58-42-78-72(79-43-58)106-55-104-2)70(92)75-46-67-65-17-19-68-69(20-18-66(65)67)91(88-85-68)24-27-95-30-33-98-36-39-101-51-59-44-80-73(81-45-59)107-56-108(3)4/h5-7,10-11,40-45,47-48,61-62,65-67,82H,8-9,12-39,46,49-56H2,1-4H3,(H4-,75,83,84,85,86,87,88,92)/p+1. The Morgan fingerprint density at radius 1 is 0.565 bits per heavy atom.